The van der Waals surface area contributed by atoms with Crippen LogP contribution in [0.3, 0.4) is 0 Å². The summed E-state index contributed by atoms with van der Waals surface area (Å²) in [4.78, 5) is 25.0. The molecule has 0 saturated heterocycles. The number of fused-ring (bicyclic) bond motifs is 1. The third-order valence-electron chi connectivity index (χ3n) is 7.78. The van der Waals surface area contributed by atoms with Gasteiger partial charge in [-0.3, -0.25) is 4.79 Å². The Morgan fingerprint density at radius 3 is 2.60 bits per heavy atom. The highest BCUT2D eigenvalue weighted by molar-refractivity contribution is 5.90. The van der Waals surface area contributed by atoms with E-state index in [1.54, 1.807) is 6.20 Å². The van der Waals surface area contributed by atoms with Crippen LogP contribution < -0.4 is 5.32 Å². The number of carbonyl (C=O) groups is 1. The standard InChI is InChI=1S/C33H34N6O/c1-24-35-33(27-18-19-34-31(22-27)36-28-13-3-2-4-14-28)37-39(24)21-20-38(29-15-6-7-16-29)32(40)23-26-12-9-11-25-10-5-8-17-30(25)26/h2-5,8-14,17-19,22,29H,6-7,15-16,20-21,23H2,1H3,(H,34,36). The summed E-state index contributed by atoms with van der Waals surface area (Å²) in [6, 6.07) is 28.7. The quantitative estimate of drug-likeness (QED) is 0.234. The highest BCUT2D eigenvalue weighted by Gasteiger charge is 2.27. The number of carbonyl (C=O) groups excluding carboxylic acids is 1. The largest absolute Gasteiger partial charge is 0.340 e. The molecule has 3 aromatic carbocycles. The van der Waals surface area contributed by atoms with Crippen molar-refractivity contribution in [2.75, 3.05) is 11.9 Å². The molecule has 5 aromatic rings. The van der Waals surface area contributed by atoms with Crippen molar-refractivity contribution in [1.29, 1.82) is 0 Å². The number of aromatic nitrogens is 4. The predicted octanol–water partition coefficient (Wildman–Crippen LogP) is 6.56. The normalized spacial score (nSPS) is 13.5. The van der Waals surface area contributed by atoms with Crippen LogP contribution in [0.1, 0.15) is 37.1 Å². The fourth-order valence-electron chi connectivity index (χ4n) is 5.70. The Morgan fingerprint density at radius 1 is 0.975 bits per heavy atom. The van der Waals surface area contributed by atoms with Gasteiger partial charge in [-0.1, -0.05) is 73.5 Å². The SMILES string of the molecule is Cc1nc(-c2ccnc(Nc3ccccc3)c2)nn1CCN(C(=O)Cc1cccc2ccccc12)C1CCCC1. The fourth-order valence-corrected chi connectivity index (χ4v) is 5.70. The molecule has 0 bridgehead atoms. The summed E-state index contributed by atoms with van der Waals surface area (Å²) in [5.41, 5.74) is 2.96. The number of amides is 1. The van der Waals surface area contributed by atoms with E-state index in [2.05, 4.69) is 39.5 Å². The zero-order chi connectivity index (χ0) is 27.3. The molecule has 2 aromatic heterocycles. The van der Waals surface area contributed by atoms with E-state index in [0.29, 0.717) is 25.3 Å². The minimum Gasteiger partial charge on any atom is -0.340 e. The molecule has 1 N–H and O–H groups in total. The number of nitrogens with zero attached hydrogens (tertiary/aromatic N) is 5. The molecule has 7 nitrogen and oxygen atoms in total. The number of hydrogen-bond acceptors (Lipinski definition) is 5. The molecule has 0 aliphatic heterocycles. The molecular weight excluding hydrogens is 496 g/mol. The lowest BCUT2D eigenvalue weighted by Crippen LogP contribution is -2.42. The Labute approximate surface area is 234 Å². The van der Waals surface area contributed by atoms with Gasteiger partial charge in [-0.25, -0.2) is 14.6 Å². The molecule has 0 atom stereocenters. The molecule has 1 aliphatic carbocycles. The van der Waals surface area contributed by atoms with Crippen LogP contribution in [0.2, 0.25) is 0 Å². The first-order valence-electron chi connectivity index (χ1n) is 14.1. The van der Waals surface area contributed by atoms with Gasteiger partial charge in [0.05, 0.1) is 13.0 Å². The average molecular weight is 531 g/mol. The maximum atomic E-state index is 13.7. The van der Waals surface area contributed by atoms with Crippen LogP contribution in [0.4, 0.5) is 11.5 Å². The number of hydrogen-bond donors (Lipinski definition) is 1. The number of para-hydroxylation sites is 1. The van der Waals surface area contributed by atoms with Gasteiger partial charge in [-0.05, 0) is 60.4 Å². The molecule has 7 heteroatoms. The number of benzene rings is 3. The second kappa shape index (κ2) is 11.7. The van der Waals surface area contributed by atoms with E-state index in [4.69, 9.17) is 10.1 Å². The van der Waals surface area contributed by atoms with Crippen LogP contribution in [0.25, 0.3) is 22.2 Å². The molecule has 1 saturated carbocycles. The molecule has 1 amide bonds. The van der Waals surface area contributed by atoms with Gasteiger partial charge in [0.25, 0.3) is 0 Å². The van der Waals surface area contributed by atoms with Crippen molar-refractivity contribution < 1.29 is 4.79 Å². The molecule has 2 heterocycles. The fraction of sp³-hybridized carbons (Fsp3) is 0.273. The molecule has 6 rings (SSSR count). The van der Waals surface area contributed by atoms with Gasteiger partial charge in [0, 0.05) is 30.0 Å². The van der Waals surface area contributed by atoms with E-state index in [1.165, 1.54) is 18.2 Å². The highest BCUT2D eigenvalue weighted by Crippen LogP contribution is 2.26. The summed E-state index contributed by atoms with van der Waals surface area (Å²) in [7, 11) is 0. The first-order valence-corrected chi connectivity index (χ1v) is 14.1. The van der Waals surface area contributed by atoms with Crippen molar-refractivity contribution in [3.8, 4) is 11.4 Å². The zero-order valence-electron chi connectivity index (χ0n) is 22.8. The number of anilines is 2. The second-order valence-corrected chi connectivity index (χ2v) is 10.5. The Morgan fingerprint density at radius 2 is 1.75 bits per heavy atom. The number of nitrogens with one attached hydrogen (secondary N) is 1. The lowest BCUT2D eigenvalue weighted by atomic mass is 10.0. The summed E-state index contributed by atoms with van der Waals surface area (Å²) < 4.78 is 1.92. The summed E-state index contributed by atoms with van der Waals surface area (Å²) >= 11 is 0. The number of aryl methyl sites for hydroxylation is 1. The first-order chi connectivity index (χ1) is 19.6. The Kier molecular flexibility index (Phi) is 7.53. The van der Waals surface area contributed by atoms with Gasteiger partial charge in [0.1, 0.15) is 11.6 Å². The summed E-state index contributed by atoms with van der Waals surface area (Å²) in [6.45, 7) is 3.20. The van der Waals surface area contributed by atoms with Crippen LogP contribution in [-0.2, 0) is 17.8 Å². The van der Waals surface area contributed by atoms with Crippen molar-refractivity contribution in [3.05, 3.63) is 103 Å². The van der Waals surface area contributed by atoms with Crippen molar-refractivity contribution in [2.45, 2.75) is 51.6 Å². The van der Waals surface area contributed by atoms with Crippen LogP contribution in [0.15, 0.2) is 91.1 Å². The molecule has 0 unspecified atom stereocenters. The average Bonchev–Trinajstić information content (AvgIpc) is 3.64. The second-order valence-electron chi connectivity index (χ2n) is 10.5. The van der Waals surface area contributed by atoms with Crippen molar-refractivity contribution in [3.63, 3.8) is 0 Å². The summed E-state index contributed by atoms with van der Waals surface area (Å²) in [6.07, 6.45) is 6.67. The van der Waals surface area contributed by atoms with Crippen LogP contribution in [-0.4, -0.2) is 43.1 Å². The van der Waals surface area contributed by atoms with E-state index in [1.807, 2.05) is 72.3 Å². The summed E-state index contributed by atoms with van der Waals surface area (Å²) in [5.74, 6) is 2.42. The third-order valence-corrected chi connectivity index (χ3v) is 7.78. The van der Waals surface area contributed by atoms with Gasteiger partial charge in [-0.15, -0.1) is 0 Å². The molecule has 202 valence electrons. The maximum absolute atomic E-state index is 13.7. The van der Waals surface area contributed by atoms with Crippen LogP contribution >= 0.6 is 0 Å². The molecule has 0 spiro atoms. The van der Waals surface area contributed by atoms with E-state index < -0.39 is 0 Å². The van der Waals surface area contributed by atoms with Gasteiger partial charge < -0.3 is 10.2 Å². The Bertz CT molecular complexity index is 1600. The van der Waals surface area contributed by atoms with Crippen LogP contribution in [0.5, 0.6) is 0 Å². The van der Waals surface area contributed by atoms with Crippen molar-refractivity contribution in [1.82, 2.24) is 24.6 Å². The zero-order valence-corrected chi connectivity index (χ0v) is 22.8. The molecule has 1 fully saturated rings. The maximum Gasteiger partial charge on any atom is 0.227 e. The van der Waals surface area contributed by atoms with Gasteiger partial charge in [-0.2, -0.15) is 5.10 Å². The van der Waals surface area contributed by atoms with Gasteiger partial charge in [0.2, 0.25) is 5.91 Å². The van der Waals surface area contributed by atoms with E-state index in [-0.39, 0.29) is 11.9 Å². The Balaban J connectivity index is 1.18. The monoisotopic (exact) mass is 530 g/mol. The van der Waals surface area contributed by atoms with E-state index >= 15 is 0 Å². The third kappa shape index (κ3) is 5.73. The van der Waals surface area contributed by atoms with Gasteiger partial charge in [0.15, 0.2) is 5.82 Å². The van der Waals surface area contributed by atoms with E-state index in [9.17, 15) is 4.79 Å². The lowest BCUT2D eigenvalue weighted by Gasteiger charge is -2.29. The number of rotatable bonds is 9. The van der Waals surface area contributed by atoms with Gasteiger partial charge >= 0.3 is 0 Å². The Hall–Kier alpha value is -4.52. The first kappa shape index (κ1) is 25.7. The molecular formula is C33H34N6O. The van der Waals surface area contributed by atoms with E-state index in [0.717, 1.165) is 46.7 Å². The highest BCUT2D eigenvalue weighted by atomic mass is 16.2. The smallest absolute Gasteiger partial charge is 0.227 e. The van der Waals surface area contributed by atoms with Crippen LogP contribution in [0, 0.1) is 6.92 Å². The minimum absolute atomic E-state index is 0.187. The van der Waals surface area contributed by atoms with Crippen molar-refractivity contribution >= 4 is 28.2 Å². The summed E-state index contributed by atoms with van der Waals surface area (Å²) in [5, 5.41) is 10.5. The van der Waals surface area contributed by atoms with Crippen molar-refractivity contribution in [2.24, 2.45) is 0 Å². The lowest BCUT2D eigenvalue weighted by molar-refractivity contribution is -0.132. The molecule has 1 aliphatic rings. The number of pyridine rings is 1. The molecule has 0 radical (unpaired) electrons. The predicted molar refractivity (Wildman–Crippen MR) is 159 cm³/mol. The molecule has 40 heavy (non-hydrogen) atoms. The topological polar surface area (TPSA) is 75.9 Å². The minimum atomic E-state index is 0.187.